The SMILES string of the molecule is Cc1ccc(-n2c(SCC(=O)N(C)CCC#N)nnc2-c2ccccn2)c(C)c1. The highest BCUT2D eigenvalue weighted by atomic mass is 32.2. The number of hydrogen-bond donors (Lipinski definition) is 0. The second-order valence-corrected chi connectivity index (χ2v) is 7.60. The normalized spacial score (nSPS) is 10.6. The van der Waals surface area contributed by atoms with E-state index in [1.165, 1.54) is 17.3 Å². The van der Waals surface area contributed by atoms with Crippen molar-refractivity contribution in [3.8, 4) is 23.3 Å². The molecule has 0 fully saturated rings. The highest BCUT2D eigenvalue weighted by Crippen LogP contribution is 2.29. The number of hydrogen-bond acceptors (Lipinski definition) is 6. The summed E-state index contributed by atoms with van der Waals surface area (Å²) in [7, 11) is 1.70. The molecule has 2 aromatic heterocycles. The molecule has 0 aliphatic rings. The van der Waals surface area contributed by atoms with Gasteiger partial charge in [0, 0.05) is 19.8 Å². The fourth-order valence-corrected chi connectivity index (χ4v) is 3.76. The maximum absolute atomic E-state index is 12.4. The Bertz CT molecular complexity index is 1040. The molecule has 1 amide bonds. The smallest absolute Gasteiger partial charge is 0.232 e. The molecule has 0 saturated carbocycles. The van der Waals surface area contributed by atoms with E-state index in [2.05, 4.69) is 27.3 Å². The molecule has 8 heteroatoms. The van der Waals surface area contributed by atoms with Crippen molar-refractivity contribution < 1.29 is 4.79 Å². The predicted octanol–water partition coefficient (Wildman–Crippen LogP) is 3.41. The van der Waals surface area contributed by atoms with Crippen molar-refractivity contribution in [1.29, 1.82) is 5.26 Å². The molecule has 0 atom stereocenters. The van der Waals surface area contributed by atoms with Crippen molar-refractivity contribution in [3.63, 3.8) is 0 Å². The van der Waals surface area contributed by atoms with Crippen molar-refractivity contribution >= 4 is 17.7 Å². The minimum atomic E-state index is -0.0557. The molecule has 0 radical (unpaired) electrons. The Balaban J connectivity index is 1.95. The molecular formula is C21H22N6OS. The molecule has 0 N–H and O–H groups in total. The minimum Gasteiger partial charge on any atom is -0.344 e. The third-order valence-corrected chi connectivity index (χ3v) is 5.34. The largest absolute Gasteiger partial charge is 0.344 e. The maximum atomic E-state index is 12.4. The number of amides is 1. The van der Waals surface area contributed by atoms with Crippen molar-refractivity contribution in [2.24, 2.45) is 0 Å². The first-order chi connectivity index (χ1) is 14.0. The van der Waals surface area contributed by atoms with Gasteiger partial charge in [-0.05, 0) is 37.6 Å². The van der Waals surface area contributed by atoms with Crippen LogP contribution in [0.4, 0.5) is 0 Å². The molecule has 0 aliphatic carbocycles. The van der Waals surface area contributed by atoms with E-state index >= 15 is 0 Å². The van der Waals surface area contributed by atoms with Crippen LogP contribution in [0.1, 0.15) is 17.5 Å². The van der Waals surface area contributed by atoms with Crippen LogP contribution in [0.3, 0.4) is 0 Å². The van der Waals surface area contributed by atoms with Gasteiger partial charge in [0.25, 0.3) is 0 Å². The van der Waals surface area contributed by atoms with E-state index in [0.29, 0.717) is 29.6 Å². The first-order valence-corrected chi connectivity index (χ1v) is 10.2. The number of benzene rings is 1. The van der Waals surface area contributed by atoms with Gasteiger partial charge in [0.15, 0.2) is 11.0 Å². The second-order valence-electron chi connectivity index (χ2n) is 6.66. The topological polar surface area (TPSA) is 87.7 Å². The van der Waals surface area contributed by atoms with Crippen molar-refractivity contribution in [1.82, 2.24) is 24.6 Å². The summed E-state index contributed by atoms with van der Waals surface area (Å²) in [5.41, 5.74) is 3.92. The maximum Gasteiger partial charge on any atom is 0.232 e. The van der Waals surface area contributed by atoms with Crippen molar-refractivity contribution in [2.75, 3.05) is 19.3 Å². The van der Waals surface area contributed by atoms with Crippen LogP contribution in [-0.4, -0.2) is 49.9 Å². The van der Waals surface area contributed by atoms with Crippen LogP contribution >= 0.6 is 11.8 Å². The van der Waals surface area contributed by atoms with Gasteiger partial charge in [-0.3, -0.25) is 14.3 Å². The molecule has 3 aromatic rings. The van der Waals surface area contributed by atoms with Crippen LogP contribution in [0.15, 0.2) is 47.8 Å². The molecule has 2 heterocycles. The summed E-state index contributed by atoms with van der Waals surface area (Å²) in [5, 5.41) is 18.0. The van der Waals surface area contributed by atoms with Crippen molar-refractivity contribution in [3.05, 3.63) is 53.7 Å². The van der Waals surface area contributed by atoms with Crippen LogP contribution in [0.2, 0.25) is 0 Å². The van der Waals surface area contributed by atoms with Crippen LogP contribution in [0, 0.1) is 25.2 Å². The van der Waals surface area contributed by atoms with E-state index in [1.54, 1.807) is 18.1 Å². The Hall–Kier alpha value is -3.18. The van der Waals surface area contributed by atoms with E-state index in [1.807, 2.05) is 48.7 Å². The third-order valence-electron chi connectivity index (χ3n) is 4.43. The molecular weight excluding hydrogens is 384 g/mol. The number of nitrogens with zero attached hydrogens (tertiary/aromatic N) is 6. The summed E-state index contributed by atoms with van der Waals surface area (Å²) in [5.74, 6) is 0.790. The standard InChI is InChI=1S/C21H22N6OS/c1-15-8-9-18(16(2)13-15)27-20(17-7-4-5-11-23-17)24-25-21(27)29-14-19(28)26(3)12-6-10-22/h4-5,7-9,11,13H,6,12,14H2,1-3H3. The second kappa shape index (κ2) is 9.34. The Labute approximate surface area is 174 Å². The molecule has 0 aliphatic heterocycles. The molecule has 29 heavy (non-hydrogen) atoms. The van der Waals surface area contributed by atoms with Gasteiger partial charge in [0.1, 0.15) is 5.69 Å². The molecule has 0 spiro atoms. The van der Waals surface area contributed by atoms with Crippen LogP contribution < -0.4 is 0 Å². The Morgan fingerprint density at radius 2 is 2.07 bits per heavy atom. The number of aromatic nitrogens is 4. The van der Waals surface area contributed by atoms with E-state index in [-0.39, 0.29) is 11.7 Å². The summed E-state index contributed by atoms with van der Waals surface area (Å²) < 4.78 is 1.95. The van der Waals surface area contributed by atoms with Crippen LogP contribution in [0.5, 0.6) is 0 Å². The molecule has 0 bridgehead atoms. The third kappa shape index (κ3) is 4.81. The highest BCUT2D eigenvalue weighted by Gasteiger charge is 2.20. The number of nitriles is 1. The molecule has 7 nitrogen and oxygen atoms in total. The number of carbonyl (C=O) groups is 1. The van der Waals surface area contributed by atoms with Gasteiger partial charge in [0.05, 0.1) is 23.9 Å². The first-order valence-electron chi connectivity index (χ1n) is 9.19. The first kappa shape index (κ1) is 20.6. The summed E-state index contributed by atoms with van der Waals surface area (Å²) >= 11 is 1.33. The zero-order valence-corrected chi connectivity index (χ0v) is 17.5. The van der Waals surface area contributed by atoms with E-state index in [4.69, 9.17) is 5.26 Å². The number of rotatable bonds is 7. The van der Waals surface area contributed by atoms with E-state index in [0.717, 1.165) is 11.3 Å². The Morgan fingerprint density at radius 1 is 1.24 bits per heavy atom. The van der Waals surface area contributed by atoms with Crippen LogP contribution in [0.25, 0.3) is 17.2 Å². The van der Waals surface area contributed by atoms with E-state index in [9.17, 15) is 4.79 Å². The molecule has 0 unspecified atom stereocenters. The Kier molecular flexibility index (Phi) is 6.62. The van der Waals surface area contributed by atoms with Gasteiger partial charge in [-0.15, -0.1) is 10.2 Å². The zero-order chi connectivity index (χ0) is 20.8. The molecule has 148 valence electrons. The van der Waals surface area contributed by atoms with Gasteiger partial charge in [-0.2, -0.15) is 5.26 Å². The lowest BCUT2D eigenvalue weighted by Crippen LogP contribution is -2.29. The summed E-state index contributed by atoms with van der Waals surface area (Å²) in [6, 6.07) is 13.9. The zero-order valence-electron chi connectivity index (χ0n) is 16.7. The van der Waals surface area contributed by atoms with E-state index < -0.39 is 0 Å². The molecule has 0 saturated heterocycles. The average molecular weight is 407 g/mol. The fourth-order valence-electron chi connectivity index (χ4n) is 2.88. The highest BCUT2D eigenvalue weighted by molar-refractivity contribution is 7.99. The lowest BCUT2D eigenvalue weighted by atomic mass is 10.1. The monoisotopic (exact) mass is 406 g/mol. The lowest BCUT2D eigenvalue weighted by Gasteiger charge is -2.16. The number of thioether (sulfide) groups is 1. The van der Waals surface area contributed by atoms with Gasteiger partial charge in [0.2, 0.25) is 5.91 Å². The molecule has 1 aromatic carbocycles. The van der Waals surface area contributed by atoms with Gasteiger partial charge in [-0.25, -0.2) is 0 Å². The van der Waals surface area contributed by atoms with Crippen LogP contribution in [-0.2, 0) is 4.79 Å². The van der Waals surface area contributed by atoms with Gasteiger partial charge < -0.3 is 4.90 Å². The van der Waals surface area contributed by atoms with Crippen molar-refractivity contribution in [2.45, 2.75) is 25.4 Å². The predicted molar refractivity (Wildman–Crippen MR) is 113 cm³/mol. The fraction of sp³-hybridized carbons (Fsp3) is 0.286. The summed E-state index contributed by atoms with van der Waals surface area (Å²) in [6.07, 6.45) is 2.03. The lowest BCUT2D eigenvalue weighted by molar-refractivity contribution is -0.127. The number of aryl methyl sites for hydroxylation is 2. The summed E-state index contributed by atoms with van der Waals surface area (Å²) in [4.78, 5) is 18.4. The summed E-state index contributed by atoms with van der Waals surface area (Å²) in [6.45, 7) is 4.51. The number of pyridine rings is 1. The minimum absolute atomic E-state index is 0.0557. The Morgan fingerprint density at radius 3 is 2.76 bits per heavy atom. The molecule has 3 rings (SSSR count). The van der Waals surface area contributed by atoms with Gasteiger partial charge in [-0.1, -0.05) is 35.5 Å². The number of carbonyl (C=O) groups excluding carboxylic acids is 1. The average Bonchev–Trinajstić information content (AvgIpc) is 3.14. The quantitative estimate of drug-likeness (QED) is 0.559. The van der Waals surface area contributed by atoms with Gasteiger partial charge >= 0.3 is 0 Å².